The van der Waals surface area contributed by atoms with Crippen molar-refractivity contribution in [3.63, 3.8) is 0 Å². The molecule has 4 nitrogen and oxygen atoms in total. The largest absolute Gasteiger partial charge is 0.491 e. The lowest BCUT2D eigenvalue weighted by molar-refractivity contribution is 0.110. The van der Waals surface area contributed by atoms with Gasteiger partial charge in [-0.25, -0.2) is 0 Å². The van der Waals surface area contributed by atoms with E-state index in [9.17, 15) is 0 Å². The lowest BCUT2D eigenvalue weighted by Crippen LogP contribution is -2.20. The summed E-state index contributed by atoms with van der Waals surface area (Å²) < 4.78 is 10.9. The van der Waals surface area contributed by atoms with E-state index in [0.717, 1.165) is 44.0 Å². The molecule has 124 valence electrons. The third-order valence-electron chi connectivity index (χ3n) is 3.50. The molecule has 0 saturated heterocycles. The van der Waals surface area contributed by atoms with Gasteiger partial charge in [0.2, 0.25) is 0 Å². The van der Waals surface area contributed by atoms with Crippen molar-refractivity contribution in [1.82, 2.24) is 10.3 Å². The molecule has 2 rings (SSSR count). The summed E-state index contributed by atoms with van der Waals surface area (Å²) >= 11 is 0. The van der Waals surface area contributed by atoms with Gasteiger partial charge in [-0.05, 0) is 49.7 Å². The van der Waals surface area contributed by atoms with Crippen LogP contribution in [0.5, 0.6) is 5.75 Å². The van der Waals surface area contributed by atoms with Crippen molar-refractivity contribution in [3.8, 4) is 5.75 Å². The number of nitrogens with one attached hydrogen (secondary N) is 1. The minimum atomic E-state index is 0.599. The molecule has 0 unspecified atom stereocenters. The summed E-state index contributed by atoms with van der Waals surface area (Å²) in [6, 6.07) is 14.3. The summed E-state index contributed by atoms with van der Waals surface area (Å²) in [5, 5.41) is 3.46. The summed E-state index contributed by atoms with van der Waals surface area (Å²) in [7, 11) is 0. The quantitative estimate of drug-likeness (QED) is 0.648. The molecule has 1 N–H and O–H groups in total. The highest BCUT2D eigenvalue weighted by atomic mass is 16.5. The monoisotopic (exact) mass is 314 g/mol. The summed E-state index contributed by atoms with van der Waals surface area (Å²) in [4.78, 5) is 4.32. The van der Waals surface area contributed by atoms with Crippen LogP contribution in [0.4, 0.5) is 0 Å². The average molecular weight is 314 g/mol. The molecule has 4 heteroatoms. The van der Waals surface area contributed by atoms with Gasteiger partial charge < -0.3 is 14.8 Å². The smallest absolute Gasteiger partial charge is 0.119 e. The number of benzene rings is 1. The molecule has 0 amide bonds. The Morgan fingerprint density at radius 1 is 0.957 bits per heavy atom. The first-order valence-corrected chi connectivity index (χ1v) is 8.28. The van der Waals surface area contributed by atoms with Crippen LogP contribution in [0.2, 0.25) is 0 Å². The Balaban J connectivity index is 1.58. The van der Waals surface area contributed by atoms with Crippen molar-refractivity contribution >= 4 is 0 Å². The Hall–Kier alpha value is -1.91. The molecule has 0 atom stereocenters. The molecule has 0 fully saturated rings. The molecule has 0 aliphatic carbocycles. The fourth-order valence-corrected chi connectivity index (χ4v) is 2.24. The van der Waals surface area contributed by atoms with E-state index in [-0.39, 0.29) is 0 Å². The summed E-state index contributed by atoms with van der Waals surface area (Å²) in [5.74, 6) is 0.900. The summed E-state index contributed by atoms with van der Waals surface area (Å²) in [6.07, 6.45) is 3.82. The second-order valence-corrected chi connectivity index (χ2v) is 5.26. The van der Waals surface area contributed by atoms with E-state index in [1.165, 1.54) is 5.56 Å². The zero-order valence-electron chi connectivity index (χ0n) is 13.8. The van der Waals surface area contributed by atoms with Gasteiger partial charge in [-0.3, -0.25) is 4.98 Å². The average Bonchev–Trinajstić information content (AvgIpc) is 2.60. The van der Waals surface area contributed by atoms with E-state index in [1.807, 2.05) is 37.4 Å². The topological polar surface area (TPSA) is 43.4 Å². The zero-order chi connectivity index (χ0) is 16.2. The van der Waals surface area contributed by atoms with E-state index >= 15 is 0 Å². The van der Waals surface area contributed by atoms with Crippen molar-refractivity contribution in [2.24, 2.45) is 0 Å². The van der Waals surface area contributed by atoms with Crippen molar-refractivity contribution < 1.29 is 9.47 Å². The Morgan fingerprint density at radius 3 is 2.52 bits per heavy atom. The second kappa shape index (κ2) is 10.8. The maximum atomic E-state index is 5.61. The van der Waals surface area contributed by atoms with Gasteiger partial charge in [-0.1, -0.05) is 18.2 Å². The first kappa shape index (κ1) is 17.4. The molecule has 0 radical (unpaired) electrons. The first-order chi connectivity index (χ1) is 11.4. The van der Waals surface area contributed by atoms with Gasteiger partial charge >= 0.3 is 0 Å². The highest BCUT2D eigenvalue weighted by molar-refractivity contribution is 5.27. The van der Waals surface area contributed by atoms with Crippen LogP contribution < -0.4 is 10.1 Å². The number of rotatable bonds is 11. The molecule has 23 heavy (non-hydrogen) atoms. The summed E-state index contributed by atoms with van der Waals surface area (Å²) in [5.41, 5.74) is 2.45. The molecular formula is C19H26N2O2. The molecular weight excluding hydrogens is 288 g/mol. The normalized spacial score (nSPS) is 10.7. The van der Waals surface area contributed by atoms with Crippen LogP contribution in [0.3, 0.4) is 0 Å². The minimum Gasteiger partial charge on any atom is -0.491 e. The van der Waals surface area contributed by atoms with Crippen LogP contribution in [-0.4, -0.2) is 37.9 Å². The van der Waals surface area contributed by atoms with Crippen molar-refractivity contribution in [2.75, 3.05) is 32.9 Å². The maximum Gasteiger partial charge on any atom is 0.119 e. The van der Waals surface area contributed by atoms with E-state index in [1.54, 1.807) is 0 Å². The van der Waals surface area contributed by atoms with Gasteiger partial charge in [-0.15, -0.1) is 0 Å². The highest BCUT2D eigenvalue weighted by Gasteiger charge is 1.97. The van der Waals surface area contributed by atoms with Crippen molar-refractivity contribution in [3.05, 3.63) is 59.9 Å². The fourth-order valence-electron chi connectivity index (χ4n) is 2.24. The molecule has 0 saturated carbocycles. The number of hydrogen-bond acceptors (Lipinski definition) is 4. The molecule has 0 aliphatic rings. The van der Waals surface area contributed by atoms with Gasteiger partial charge in [0.15, 0.2) is 0 Å². The standard InChI is InChI=1S/C19H26N2O2/c1-2-22-15-16-23-19-8-6-17(7-9-19)10-13-20-14-11-18-5-3-4-12-21-18/h3-9,12,20H,2,10-11,13-16H2,1H3. The number of hydrogen-bond donors (Lipinski definition) is 1. The van der Waals surface area contributed by atoms with Crippen molar-refractivity contribution in [2.45, 2.75) is 19.8 Å². The number of ether oxygens (including phenoxy) is 2. The predicted octanol–water partition coefficient (Wildman–Crippen LogP) is 2.87. The Morgan fingerprint density at radius 2 is 1.78 bits per heavy atom. The van der Waals surface area contributed by atoms with Crippen LogP contribution in [0.15, 0.2) is 48.7 Å². The van der Waals surface area contributed by atoms with Gasteiger partial charge in [0.25, 0.3) is 0 Å². The number of nitrogens with zero attached hydrogens (tertiary/aromatic N) is 1. The Kier molecular flexibility index (Phi) is 8.16. The zero-order valence-corrected chi connectivity index (χ0v) is 13.8. The van der Waals surface area contributed by atoms with Gasteiger partial charge in [-0.2, -0.15) is 0 Å². The predicted molar refractivity (Wildman–Crippen MR) is 92.9 cm³/mol. The first-order valence-electron chi connectivity index (χ1n) is 8.28. The molecule has 0 aliphatic heterocycles. The molecule has 1 heterocycles. The van der Waals surface area contributed by atoms with E-state index in [4.69, 9.17) is 9.47 Å². The lowest BCUT2D eigenvalue weighted by atomic mass is 10.1. The van der Waals surface area contributed by atoms with Crippen LogP contribution in [-0.2, 0) is 17.6 Å². The van der Waals surface area contributed by atoms with Gasteiger partial charge in [0.05, 0.1) is 6.61 Å². The van der Waals surface area contributed by atoms with E-state index < -0.39 is 0 Å². The highest BCUT2D eigenvalue weighted by Crippen LogP contribution is 2.12. The number of aromatic nitrogens is 1. The molecule has 2 aromatic rings. The SMILES string of the molecule is CCOCCOc1ccc(CCNCCc2ccccn2)cc1. The number of pyridine rings is 1. The third-order valence-corrected chi connectivity index (χ3v) is 3.50. The van der Waals surface area contributed by atoms with Crippen LogP contribution >= 0.6 is 0 Å². The van der Waals surface area contributed by atoms with Crippen LogP contribution in [0.1, 0.15) is 18.2 Å². The maximum absolute atomic E-state index is 5.61. The molecule has 1 aromatic carbocycles. The van der Waals surface area contributed by atoms with Crippen molar-refractivity contribution in [1.29, 1.82) is 0 Å². The fraction of sp³-hybridized carbons (Fsp3) is 0.421. The van der Waals surface area contributed by atoms with Gasteiger partial charge in [0, 0.05) is 31.5 Å². The molecule has 0 bridgehead atoms. The Bertz CT molecular complexity index is 529. The van der Waals surface area contributed by atoms with E-state index in [0.29, 0.717) is 13.2 Å². The minimum absolute atomic E-state index is 0.599. The summed E-state index contributed by atoms with van der Waals surface area (Å²) in [6.45, 7) is 5.88. The van der Waals surface area contributed by atoms with Crippen LogP contribution in [0, 0.1) is 0 Å². The second-order valence-electron chi connectivity index (χ2n) is 5.26. The van der Waals surface area contributed by atoms with Crippen LogP contribution in [0.25, 0.3) is 0 Å². The lowest BCUT2D eigenvalue weighted by Gasteiger charge is -2.08. The Labute approximate surface area is 138 Å². The van der Waals surface area contributed by atoms with E-state index in [2.05, 4.69) is 28.5 Å². The molecule has 1 aromatic heterocycles. The van der Waals surface area contributed by atoms with Gasteiger partial charge in [0.1, 0.15) is 12.4 Å². The third kappa shape index (κ3) is 7.26. The molecule has 0 spiro atoms.